The number of unbranched alkanes of at least 4 members (excludes halogenated alkanes) is 1. The molecule has 17 heavy (non-hydrogen) atoms. The SMILES string of the molecule is CCCCOC(=O)CNC(C)C(=O)NCCC. The van der Waals surface area contributed by atoms with Gasteiger partial charge < -0.3 is 10.1 Å². The summed E-state index contributed by atoms with van der Waals surface area (Å²) in [6, 6.07) is -0.375. The quantitative estimate of drug-likeness (QED) is 0.466. The minimum Gasteiger partial charge on any atom is -0.465 e. The molecule has 0 aliphatic rings. The van der Waals surface area contributed by atoms with Crippen molar-refractivity contribution in [2.45, 2.75) is 46.1 Å². The van der Waals surface area contributed by atoms with E-state index in [1.807, 2.05) is 13.8 Å². The minimum atomic E-state index is -0.375. The molecule has 5 heteroatoms. The highest BCUT2D eigenvalue weighted by atomic mass is 16.5. The first-order chi connectivity index (χ1) is 8.11. The molecule has 1 atom stereocenters. The molecule has 0 heterocycles. The lowest BCUT2D eigenvalue weighted by Crippen LogP contribution is -2.44. The Morgan fingerprint density at radius 2 is 1.94 bits per heavy atom. The maximum Gasteiger partial charge on any atom is 0.319 e. The highest BCUT2D eigenvalue weighted by Gasteiger charge is 2.13. The molecule has 0 aliphatic heterocycles. The van der Waals surface area contributed by atoms with Crippen LogP contribution in [0, 0.1) is 0 Å². The van der Waals surface area contributed by atoms with Crippen LogP contribution >= 0.6 is 0 Å². The van der Waals surface area contributed by atoms with Crippen molar-refractivity contribution in [2.75, 3.05) is 19.7 Å². The summed E-state index contributed by atoms with van der Waals surface area (Å²) in [5.74, 6) is -0.401. The largest absolute Gasteiger partial charge is 0.465 e. The van der Waals surface area contributed by atoms with Gasteiger partial charge in [0, 0.05) is 6.54 Å². The van der Waals surface area contributed by atoms with E-state index in [0.29, 0.717) is 13.2 Å². The molecule has 0 radical (unpaired) electrons. The van der Waals surface area contributed by atoms with Gasteiger partial charge in [0.05, 0.1) is 19.2 Å². The Balaban J connectivity index is 3.64. The second kappa shape index (κ2) is 10.1. The van der Waals surface area contributed by atoms with E-state index in [9.17, 15) is 9.59 Å². The van der Waals surface area contributed by atoms with Crippen molar-refractivity contribution in [3.63, 3.8) is 0 Å². The standard InChI is InChI=1S/C12H24N2O3/c1-4-6-8-17-11(15)9-14-10(3)12(16)13-7-5-2/h10,14H,4-9H2,1-3H3,(H,13,16). The van der Waals surface area contributed by atoms with Crippen LogP contribution in [0.25, 0.3) is 0 Å². The second-order valence-electron chi connectivity index (χ2n) is 3.97. The van der Waals surface area contributed by atoms with Crippen LogP contribution in [0.5, 0.6) is 0 Å². The minimum absolute atomic E-state index is 0.0738. The molecule has 0 saturated carbocycles. The molecule has 0 aromatic carbocycles. The first-order valence-corrected chi connectivity index (χ1v) is 6.28. The molecular formula is C12H24N2O3. The van der Waals surface area contributed by atoms with Gasteiger partial charge in [-0.1, -0.05) is 20.3 Å². The lowest BCUT2D eigenvalue weighted by molar-refractivity contribution is -0.142. The van der Waals surface area contributed by atoms with Crippen molar-refractivity contribution in [3.05, 3.63) is 0 Å². The Hall–Kier alpha value is -1.10. The van der Waals surface area contributed by atoms with Gasteiger partial charge in [0.1, 0.15) is 0 Å². The number of carbonyl (C=O) groups excluding carboxylic acids is 2. The first-order valence-electron chi connectivity index (χ1n) is 6.28. The summed E-state index contributed by atoms with van der Waals surface area (Å²) in [7, 11) is 0. The summed E-state index contributed by atoms with van der Waals surface area (Å²) in [6.07, 6.45) is 2.77. The molecule has 1 unspecified atom stereocenters. The highest BCUT2D eigenvalue weighted by molar-refractivity contribution is 5.82. The molecule has 0 rings (SSSR count). The predicted molar refractivity (Wildman–Crippen MR) is 66.6 cm³/mol. The molecule has 2 N–H and O–H groups in total. The van der Waals surface area contributed by atoms with Crippen molar-refractivity contribution in [1.82, 2.24) is 10.6 Å². The number of nitrogens with one attached hydrogen (secondary N) is 2. The molecule has 0 aromatic rings. The van der Waals surface area contributed by atoms with Gasteiger partial charge >= 0.3 is 5.97 Å². The number of carbonyl (C=O) groups is 2. The van der Waals surface area contributed by atoms with Crippen LogP contribution in [0.1, 0.15) is 40.0 Å². The highest BCUT2D eigenvalue weighted by Crippen LogP contribution is 1.89. The van der Waals surface area contributed by atoms with Crippen LogP contribution in [-0.4, -0.2) is 37.6 Å². The molecule has 100 valence electrons. The van der Waals surface area contributed by atoms with Gasteiger partial charge in [0.2, 0.25) is 5.91 Å². The zero-order valence-corrected chi connectivity index (χ0v) is 11.0. The van der Waals surface area contributed by atoms with Crippen LogP contribution in [-0.2, 0) is 14.3 Å². The number of hydrogen-bond donors (Lipinski definition) is 2. The number of esters is 1. The van der Waals surface area contributed by atoms with Crippen LogP contribution in [0.3, 0.4) is 0 Å². The maximum atomic E-state index is 11.4. The summed E-state index contributed by atoms with van der Waals surface area (Å²) in [5, 5.41) is 5.59. The molecule has 0 aliphatic carbocycles. The molecule has 5 nitrogen and oxygen atoms in total. The van der Waals surface area contributed by atoms with E-state index in [1.165, 1.54) is 0 Å². The molecule has 0 fully saturated rings. The van der Waals surface area contributed by atoms with Crippen molar-refractivity contribution in [3.8, 4) is 0 Å². The Bertz CT molecular complexity index is 232. The van der Waals surface area contributed by atoms with Crippen molar-refractivity contribution in [1.29, 1.82) is 0 Å². The van der Waals surface area contributed by atoms with Gasteiger partial charge in [-0.05, 0) is 19.8 Å². The Morgan fingerprint density at radius 3 is 2.53 bits per heavy atom. The Labute approximate surface area is 103 Å². The number of amides is 1. The van der Waals surface area contributed by atoms with Gasteiger partial charge in [-0.3, -0.25) is 14.9 Å². The van der Waals surface area contributed by atoms with Crippen LogP contribution < -0.4 is 10.6 Å². The number of rotatable bonds is 9. The van der Waals surface area contributed by atoms with E-state index in [1.54, 1.807) is 6.92 Å². The molecule has 0 saturated heterocycles. The molecule has 0 bridgehead atoms. The van der Waals surface area contributed by atoms with Crippen LogP contribution in [0.2, 0.25) is 0 Å². The van der Waals surface area contributed by atoms with Gasteiger partial charge in [-0.25, -0.2) is 0 Å². The monoisotopic (exact) mass is 244 g/mol. The summed E-state index contributed by atoms with van der Waals surface area (Å²) in [4.78, 5) is 22.7. The molecule has 0 aromatic heterocycles. The predicted octanol–water partition coefficient (Wildman–Crippen LogP) is 0.834. The smallest absolute Gasteiger partial charge is 0.319 e. The van der Waals surface area contributed by atoms with Gasteiger partial charge in [-0.2, -0.15) is 0 Å². The number of ether oxygens (including phenoxy) is 1. The fourth-order valence-corrected chi connectivity index (χ4v) is 1.11. The fourth-order valence-electron chi connectivity index (χ4n) is 1.11. The lowest BCUT2D eigenvalue weighted by atomic mass is 10.3. The Kier molecular flexibility index (Phi) is 9.43. The van der Waals surface area contributed by atoms with Crippen LogP contribution in [0.4, 0.5) is 0 Å². The second-order valence-corrected chi connectivity index (χ2v) is 3.97. The third-order valence-electron chi connectivity index (χ3n) is 2.26. The molecular weight excluding hydrogens is 220 g/mol. The van der Waals surface area contributed by atoms with E-state index in [4.69, 9.17) is 4.74 Å². The fraction of sp³-hybridized carbons (Fsp3) is 0.833. The lowest BCUT2D eigenvalue weighted by Gasteiger charge is -2.13. The third-order valence-corrected chi connectivity index (χ3v) is 2.26. The third kappa shape index (κ3) is 8.68. The molecule has 0 spiro atoms. The summed E-state index contributed by atoms with van der Waals surface area (Å²) >= 11 is 0. The van der Waals surface area contributed by atoms with E-state index < -0.39 is 0 Å². The summed E-state index contributed by atoms with van der Waals surface area (Å²) in [5.41, 5.74) is 0. The zero-order valence-electron chi connectivity index (χ0n) is 11.0. The van der Waals surface area contributed by atoms with Crippen molar-refractivity contribution in [2.24, 2.45) is 0 Å². The maximum absolute atomic E-state index is 11.4. The van der Waals surface area contributed by atoms with E-state index in [-0.39, 0.29) is 24.5 Å². The summed E-state index contributed by atoms with van der Waals surface area (Å²) < 4.78 is 4.96. The topological polar surface area (TPSA) is 67.4 Å². The van der Waals surface area contributed by atoms with Gasteiger partial charge in [0.25, 0.3) is 0 Å². The molecule has 1 amide bonds. The normalized spacial score (nSPS) is 11.9. The first kappa shape index (κ1) is 15.9. The van der Waals surface area contributed by atoms with Crippen LogP contribution in [0.15, 0.2) is 0 Å². The summed E-state index contributed by atoms with van der Waals surface area (Å²) in [6.45, 7) is 6.93. The average Bonchev–Trinajstić information content (AvgIpc) is 2.33. The van der Waals surface area contributed by atoms with E-state index in [2.05, 4.69) is 10.6 Å². The van der Waals surface area contributed by atoms with E-state index in [0.717, 1.165) is 19.3 Å². The zero-order chi connectivity index (χ0) is 13.1. The number of hydrogen-bond acceptors (Lipinski definition) is 4. The Morgan fingerprint density at radius 1 is 1.24 bits per heavy atom. The average molecular weight is 244 g/mol. The van der Waals surface area contributed by atoms with Gasteiger partial charge in [-0.15, -0.1) is 0 Å². The van der Waals surface area contributed by atoms with Crippen molar-refractivity contribution >= 4 is 11.9 Å². The van der Waals surface area contributed by atoms with Gasteiger partial charge in [0.15, 0.2) is 0 Å². The van der Waals surface area contributed by atoms with Crippen molar-refractivity contribution < 1.29 is 14.3 Å². The van der Waals surface area contributed by atoms with E-state index >= 15 is 0 Å².